The largest absolute Gasteiger partial charge is 0.433 e. The molecule has 4 nitrogen and oxygen atoms in total. The van der Waals surface area contributed by atoms with Crippen LogP contribution in [0.15, 0.2) is 30.6 Å². The van der Waals surface area contributed by atoms with Gasteiger partial charge in [0.1, 0.15) is 5.69 Å². The highest BCUT2D eigenvalue weighted by atomic mass is 35.5. The van der Waals surface area contributed by atoms with E-state index in [1.807, 2.05) is 0 Å². The van der Waals surface area contributed by atoms with Crippen LogP contribution < -0.4 is 10.5 Å². The molecule has 2 N–H and O–H groups in total. The van der Waals surface area contributed by atoms with Crippen LogP contribution in [0.3, 0.4) is 0 Å². The quantitative estimate of drug-likeness (QED) is 0.922. The maximum Gasteiger partial charge on any atom is 0.387 e. The number of nitrogen functional groups attached to an aromatic ring is 1. The Labute approximate surface area is 101 Å². The topological polar surface area (TPSA) is 53.1 Å². The fourth-order valence-electron chi connectivity index (χ4n) is 1.33. The number of nitrogens with zero attached hydrogens (tertiary/aromatic N) is 2. The highest BCUT2D eigenvalue weighted by molar-refractivity contribution is 6.30. The molecule has 0 bridgehead atoms. The Hall–Kier alpha value is -1.82. The molecule has 0 amide bonds. The van der Waals surface area contributed by atoms with Crippen LogP contribution in [0.5, 0.6) is 5.75 Å². The lowest BCUT2D eigenvalue weighted by Gasteiger charge is -2.10. The summed E-state index contributed by atoms with van der Waals surface area (Å²) in [6.45, 7) is -2.91. The van der Waals surface area contributed by atoms with E-state index in [9.17, 15) is 8.78 Å². The van der Waals surface area contributed by atoms with Gasteiger partial charge in [0.05, 0.1) is 18.1 Å². The summed E-state index contributed by atoms with van der Waals surface area (Å²) in [5.74, 6) is -0.0208. The van der Waals surface area contributed by atoms with Crippen LogP contribution in [0, 0.1) is 0 Å². The molecule has 0 fully saturated rings. The Morgan fingerprint density at radius 2 is 2.18 bits per heavy atom. The van der Waals surface area contributed by atoms with Gasteiger partial charge in [-0.05, 0) is 18.2 Å². The number of rotatable bonds is 3. The fourth-order valence-corrected chi connectivity index (χ4v) is 1.50. The van der Waals surface area contributed by atoms with E-state index in [1.165, 1.54) is 35.3 Å². The molecule has 0 aliphatic rings. The molecular formula is C10H8ClF2N3O. The number of nitrogens with two attached hydrogens (primary N) is 1. The van der Waals surface area contributed by atoms with Crippen molar-refractivity contribution in [3.05, 3.63) is 35.6 Å². The molecule has 2 rings (SSSR count). The summed E-state index contributed by atoms with van der Waals surface area (Å²) in [6.07, 6.45) is 2.87. The second-order valence-electron chi connectivity index (χ2n) is 3.21. The van der Waals surface area contributed by atoms with Crippen LogP contribution in [0.2, 0.25) is 5.02 Å². The van der Waals surface area contributed by atoms with Crippen molar-refractivity contribution in [3.63, 3.8) is 0 Å². The van der Waals surface area contributed by atoms with E-state index in [4.69, 9.17) is 17.3 Å². The van der Waals surface area contributed by atoms with Crippen LogP contribution in [0.1, 0.15) is 0 Å². The molecule has 90 valence electrons. The first-order valence-corrected chi connectivity index (χ1v) is 4.99. The Morgan fingerprint density at radius 3 is 2.76 bits per heavy atom. The summed E-state index contributed by atoms with van der Waals surface area (Å²) in [7, 11) is 0. The minimum Gasteiger partial charge on any atom is -0.433 e. The summed E-state index contributed by atoms with van der Waals surface area (Å²) in [5, 5.41) is 4.29. The van der Waals surface area contributed by atoms with Gasteiger partial charge in [0.25, 0.3) is 0 Å². The molecule has 0 aliphatic heterocycles. The lowest BCUT2D eigenvalue weighted by molar-refractivity contribution is -0.0498. The van der Waals surface area contributed by atoms with Gasteiger partial charge in [0.2, 0.25) is 0 Å². The number of benzene rings is 1. The average molecular weight is 260 g/mol. The van der Waals surface area contributed by atoms with Crippen LogP contribution in [-0.2, 0) is 0 Å². The molecule has 1 heterocycles. The summed E-state index contributed by atoms with van der Waals surface area (Å²) < 4.78 is 30.1. The third-order valence-electron chi connectivity index (χ3n) is 1.99. The molecule has 0 radical (unpaired) electrons. The van der Waals surface area contributed by atoms with Gasteiger partial charge in [-0.2, -0.15) is 13.9 Å². The number of hydrogen-bond acceptors (Lipinski definition) is 3. The molecule has 0 unspecified atom stereocenters. The van der Waals surface area contributed by atoms with Crippen molar-refractivity contribution in [1.29, 1.82) is 0 Å². The Bertz CT molecular complexity index is 530. The Kier molecular flexibility index (Phi) is 3.14. The molecule has 1 aromatic carbocycles. The smallest absolute Gasteiger partial charge is 0.387 e. The number of alkyl halides is 2. The van der Waals surface area contributed by atoms with E-state index in [-0.39, 0.29) is 5.75 Å². The molecule has 1 aromatic heterocycles. The summed E-state index contributed by atoms with van der Waals surface area (Å²) >= 11 is 5.79. The zero-order valence-electron chi connectivity index (χ0n) is 8.48. The predicted molar refractivity (Wildman–Crippen MR) is 59.6 cm³/mol. The van der Waals surface area contributed by atoms with E-state index in [1.54, 1.807) is 0 Å². The first-order valence-electron chi connectivity index (χ1n) is 4.61. The van der Waals surface area contributed by atoms with Gasteiger partial charge in [0, 0.05) is 5.02 Å². The third kappa shape index (κ3) is 2.65. The maximum absolute atomic E-state index is 12.2. The number of hydrogen-bond donors (Lipinski definition) is 1. The minimum atomic E-state index is -2.91. The summed E-state index contributed by atoms with van der Waals surface area (Å²) in [6, 6.07) is 4.27. The van der Waals surface area contributed by atoms with E-state index >= 15 is 0 Å². The van der Waals surface area contributed by atoms with Crippen LogP contribution >= 0.6 is 11.6 Å². The van der Waals surface area contributed by atoms with Crippen molar-refractivity contribution in [1.82, 2.24) is 9.78 Å². The number of halogens is 3. The maximum atomic E-state index is 12.2. The van der Waals surface area contributed by atoms with E-state index < -0.39 is 6.61 Å². The van der Waals surface area contributed by atoms with Crippen LogP contribution in [0.25, 0.3) is 5.69 Å². The molecule has 2 aromatic rings. The van der Waals surface area contributed by atoms with E-state index in [0.717, 1.165) is 0 Å². The van der Waals surface area contributed by atoms with Crippen LogP contribution in [-0.4, -0.2) is 16.4 Å². The monoisotopic (exact) mass is 259 g/mol. The van der Waals surface area contributed by atoms with Crippen LogP contribution in [0.4, 0.5) is 14.5 Å². The number of anilines is 1. The highest BCUT2D eigenvalue weighted by Crippen LogP contribution is 2.27. The van der Waals surface area contributed by atoms with Crippen molar-refractivity contribution >= 4 is 17.3 Å². The molecule has 0 saturated heterocycles. The van der Waals surface area contributed by atoms with Gasteiger partial charge < -0.3 is 10.5 Å². The highest BCUT2D eigenvalue weighted by Gasteiger charge is 2.12. The molecule has 0 atom stereocenters. The molecular weight excluding hydrogens is 252 g/mol. The van der Waals surface area contributed by atoms with E-state index in [2.05, 4.69) is 9.84 Å². The molecule has 0 saturated carbocycles. The van der Waals surface area contributed by atoms with Crippen molar-refractivity contribution in [2.45, 2.75) is 6.61 Å². The minimum absolute atomic E-state index is 0.0208. The first-order chi connectivity index (χ1) is 8.06. The first kappa shape index (κ1) is 11.7. The van der Waals surface area contributed by atoms with Gasteiger partial charge >= 0.3 is 6.61 Å². The SMILES string of the molecule is Nc1cnn(-c2cc(Cl)ccc2OC(F)F)c1. The normalized spacial score (nSPS) is 10.8. The van der Waals surface area contributed by atoms with Crippen molar-refractivity contribution in [3.8, 4) is 11.4 Å². The van der Waals surface area contributed by atoms with E-state index in [0.29, 0.717) is 16.4 Å². The molecule has 0 spiro atoms. The Balaban J connectivity index is 2.46. The van der Waals surface area contributed by atoms with Crippen molar-refractivity contribution < 1.29 is 13.5 Å². The lowest BCUT2D eigenvalue weighted by Crippen LogP contribution is -2.06. The van der Waals surface area contributed by atoms with Crippen molar-refractivity contribution in [2.75, 3.05) is 5.73 Å². The third-order valence-corrected chi connectivity index (χ3v) is 2.22. The van der Waals surface area contributed by atoms with Gasteiger partial charge in [-0.1, -0.05) is 11.6 Å². The summed E-state index contributed by atoms with van der Waals surface area (Å²) in [5.41, 5.74) is 6.21. The zero-order chi connectivity index (χ0) is 12.4. The zero-order valence-corrected chi connectivity index (χ0v) is 9.23. The molecule has 17 heavy (non-hydrogen) atoms. The van der Waals surface area contributed by atoms with Gasteiger partial charge in [0.15, 0.2) is 5.75 Å². The van der Waals surface area contributed by atoms with Gasteiger partial charge in [-0.25, -0.2) is 4.68 Å². The van der Waals surface area contributed by atoms with Gasteiger partial charge in [-0.15, -0.1) is 0 Å². The lowest BCUT2D eigenvalue weighted by atomic mass is 10.3. The molecule has 0 aliphatic carbocycles. The number of aromatic nitrogens is 2. The van der Waals surface area contributed by atoms with Crippen molar-refractivity contribution in [2.24, 2.45) is 0 Å². The average Bonchev–Trinajstić information content (AvgIpc) is 2.67. The van der Waals surface area contributed by atoms with Gasteiger partial charge in [-0.3, -0.25) is 0 Å². The standard InChI is InChI=1S/C10H8ClF2N3O/c11-6-1-2-9(17-10(12)13)8(3-6)16-5-7(14)4-15-16/h1-5,10H,14H2. The molecule has 7 heteroatoms. The number of ether oxygens (including phenoxy) is 1. The Morgan fingerprint density at radius 1 is 1.41 bits per heavy atom. The second-order valence-corrected chi connectivity index (χ2v) is 3.65. The predicted octanol–water partition coefficient (Wildman–Crippen LogP) is 2.71. The fraction of sp³-hybridized carbons (Fsp3) is 0.100. The second kappa shape index (κ2) is 4.58. The summed E-state index contributed by atoms with van der Waals surface area (Å²) in [4.78, 5) is 0.